The molecule has 15 heavy (non-hydrogen) atoms. The van der Waals surface area contributed by atoms with Gasteiger partial charge in [-0.05, 0) is 52.9 Å². The highest BCUT2D eigenvalue weighted by Crippen LogP contribution is 2.24. The number of halogens is 1. The second-order valence-electron chi connectivity index (χ2n) is 3.37. The molecule has 0 amide bonds. The predicted octanol–water partition coefficient (Wildman–Crippen LogP) is 4.06. The topological polar surface area (TPSA) is 3.24 Å². The molecule has 0 saturated heterocycles. The summed E-state index contributed by atoms with van der Waals surface area (Å²) >= 11 is 2.33. The molecule has 0 fully saturated rings. The molecule has 1 nitrogen and oxygen atoms in total. The highest BCUT2D eigenvalue weighted by molar-refractivity contribution is 14.1. The lowest BCUT2D eigenvalue weighted by Crippen LogP contribution is -2.08. The molecule has 0 aromatic heterocycles. The van der Waals surface area contributed by atoms with Crippen molar-refractivity contribution in [1.82, 2.24) is 0 Å². The summed E-state index contributed by atoms with van der Waals surface area (Å²) in [4.78, 5) is 2.18. The number of rotatable bonds is 2. The molecular weight excluding hydrogens is 297 g/mol. The summed E-state index contributed by atoms with van der Waals surface area (Å²) in [5, 5.41) is 0. The molecule has 0 aliphatic rings. The van der Waals surface area contributed by atoms with Crippen molar-refractivity contribution < 1.29 is 0 Å². The number of anilines is 2. The van der Waals surface area contributed by atoms with E-state index in [4.69, 9.17) is 0 Å². The summed E-state index contributed by atoms with van der Waals surface area (Å²) < 4.78 is 1.26. The van der Waals surface area contributed by atoms with Crippen molar-refractivity contribution in [3.05, 3.63) is 58.2 Å². The lowest BCUT2D eigenvalue weighted by Gasteiger charge is -2.19. The van der Waals surface area contributed by atoms with Crippen LogP contribution in [-0.2, 0) is 0 Å². The minimum atomic E-state index is 1.21. The van der Waals surface area contributed by atoms with Crippen LogP contribution in [-0.4, -0.2) is 7.05 Å². The van der Waals surface area contributed by atoms with E-state index in [0.29, 0.717) is 0 Å². The zero-order chi connectivity index (χ0) is 10.7. The number of para-hydroxylation sites is 1. The van der Waals surface area contributed by atoms with Crippen molar-refractivity contribution in [1.29, 1.82) is 0 Å². The Hall–Kier alpha value is -1.03. The van der Waals surface area contributed by atoms with Crippen molar-refractivity contribution in [2.45, 2.75) is 0 Å². The van der Waals surface area contributed by atoms with Crippen molar-refractivity contribution in [3.8, 4) is 0 Å². The Morgan fingerprint density at radius 3 is 2.20 bits per heavy atom. The number of benzene rings is 2. The first-order chi connectivity index (χ1) is 7.27. The van der Waals surface area contributed by atoms with E-state index in [0.717, 1.165) is 0 Å². The molecule has 0 spiro atoms. The van der Waals surface area contributed by atoms with Crippen molar-refractivity contribution in [2.24, 2.45) is 0 Å². The van der Waals surface area contributed by atoms with Crippen LogP contribution < -0.4 is 4.90 Å². The molecule has 0 radical (unpaired) electrons. The van der Waals surface area contributed by atoms with Crippen molar-refractivity contribution in [3.63, 3.8) is 0 Å². The molecule has 0 heterocycles. The first kappa shape index (κ1) is 10.5. The van der Waals surface area contributed by atoms with E-state index in [1.165, 1.54) is 14.9 Å². The summed E-state index contributed by atoms with van der Waals surface area (Å²) in [6, 6.07) is 18.8. The predicted molar refractivity (Wildman–Crippen MR) is 73.7 cm³/mol. The second kappa shape index (κ2) is 4.66. The Bertz CT molecular complexity index is 439. The zero-order valence-electron chi connectivity index (χ0n) is 8.52. The molecule has 0 N–H and O–H groups in total. The van der Waals surface area contributed by atoms with Crippen LogP contribution >= 0.6 is 22.6 Å². The highest BCUT2D eigenvalue weighted by atomic mass is 127. The molecule has 0 aliphatic heterocycles. The third-order valence-corrected chi connectivity index (χ3v) is 3.01. The summed E-state index contributed by atoms with van der Waals surface area (Å²) in [5.41, 5.74) is 2.42. The molecule has 0 unspecified atom stereocenters. The van der Waals surface area contributed by atoms with E-state index in [-0.39, 0.29) is 0 Å². The summed E-state index contributed by atoms with van der Waals surface area (Å²) in [6.45, 7) is 0. The molecule has 0 atom stereocenters. The van der Waals surface area contributed by atoms with Gasteiger partial charge in [0, 0.05) is 22.0 Å². The van der Waals surface area contributed by atoms with E-state index in [1.54, 1.807) is 0 Å². The van der Waals surface area contributed by atoms with Crippen LogP contribution in [0.5, 0.6) is 0 Å². The molecule has 0 saturated carbocycles. The molecule has 2 aromatic carbocycles. The van der Waals surface area contributed by atoms with Gasteiger partial charge in [0.15, 0.2) is 0 Å². The first-order valence-corrected chi connectivity index (χ1v) is 5.89. The Labute approximate surface area is 104 Å². The Morgan fingerprint density at radius 2 is 1.53 bits per heavy atom. The van der Waals surface area contributed by atoms with Gasteiger partial charge in [-0.1, -0.05) is 24.3 Å². The third-order valence-electron chi connectivity index (χ3n) is 2.34. The van der Waals surface area contributed by atoms with Crippen LogP contribution in [0.2, 0.25) is 0 Å². The monoisotopic (exact) mass is 309 g/mol. The van der Waals surface area contributed by atoms with Gasteiger partial charge in [0.25, 0.3) is 0 Å². The molecule has 0 bridgehead atoms. The van der Waals surface area contributed by atoms with Gasteiger partial charge in [0.1, 0.15) is 0 Å². The SMILES string of the molecule is CN(c1ccccc1)c1cccc(I)c1. The largest absolute Gasteiger partial charge is 0.345 e. The summed E-state index contributed by atoms with van der Waals surface area (Å²) in [5.74, 6) is 0. The van der Waals surface area contributed by atoms with Gasteiger partial charge >= 0.3 is 0 Å². The molecule has 76 valence electrons. The first-order valence-electron chi connectivity index (χ1n) is 4.82. The average molecular weight is 309 g/mol. The van der Waals surface area contributed by atoms with E-state index >= 15 is 0 Å². The average Bonchev–Trinajstić information content (AvgIpc) is 2.29. The van der Waals surface area contributed by atoms with Crippen LogP contribution in [0.3, 0.4) is 0 Å². The second-order valence-corrected chi connectivity index (χ2v) is 4.62. The fraction of sp³-hybridized carbons (Fsp3) is 0.0769. The molecule has 2 aromatic rings. The van der Waals surface area contributed by atoms with Gasteiger partial charge in [0.2, 0.25) is 0 Å². The maximum absolute atomic E-state index is 2.33. The minimum Gasteiger partial charge on any atom is -0.345 e. The van der Waals surface area contributed by atoms with Gasteiger partial charge in [-0.15, -0.1) is 0 Å². The van der Waals surface area contributed by atoms with E-state index in [2.05, 4.69) is 83.1 Å². The molecular formula is C13H12IN. The van der Waals surface area contributed by atoms with Gasteiger partial charge in [-0.2, -0.15) is 0 Å². The number of hydrogen-bond acceptors (Lipinski definition) is 1. The molecule has 2 heteroatoms. The quantitative estimate of drug-likeness (QED) is 0.756. The zero-order valence-corrected chi connectivity index (χ0v) is 10.7. The molecule has 2 rings (SSSR count). The van der Waals surface area contributed by atoms with Gasteiger partial charge < -0.3 is 4.90 Å². The van der Waals surface area contributed by atoms with Crippen LogP contribution in [0.1, 0.15) is 0 Å². The van der Waals surface area contributed by atoms with Crippen LogP contribution in [0.4, 0.5) is 11.4 Å². The van der Waals surface area contributed by atoms with E-state index in [1.807, 2.05) is 6.07 Å². The summed E-state index contributed by atoms with van der Waals surface area (Å²) in [6.07, 6.45) is 0. The van der Waals surface area contributed by atoms with Gasteiger partial charge in [-0.3, -0.25) is 0 Å². The summed E-state index contributed by atoms with van der Waals surface area (Å²) in [7, 11) is 2.08. The van der Waals surface area contributed by atoms with Crippen LogP contribution in [0.15, 0.2) is 54.6 Å². The highest BCUT2D eigenvalue weighted by Gasteiger charge is 2.02. The van der Waals surface area contributed by atoms with E-state index < -0.39 is 0 Å². The normalized spacial score (nSPS) is 10.0. The van der Waals surface area contributed by atoms with Crippen LogP contribution in [0.25, 0.3) is 0 Å². The maximum Gasteiger partial charge on any atom is 0.0418 e. The van der Waals surface area contributed by atoms with Gasteiger partial charge in [0.05, 0.1) is 0 Å². The van der Waals surface area contributed by atoms with Crippen molar-refractivity contribution in [2.75, 3.05) is 11.9 Å². The Kier molecular flexibility index (Phi) is 3.26. The van der Waals surface area contributed by atoms with Crippen LogP contribution in [0, 0.1) is 3.57 Å². The minimum absolute atomic E-state index is 1.21. The fourth-order valence-electron chi connectivity index (χ4n) is 1.49. The number of nitrogens with zero attached hydrogens (tertiary/aromatic N) is 1. The maximum atomic E-state index is 2.33. The Morgan fingerprint density at radius 1 is 0.867 bits per heavy atom. The van der Waals surface area contributed by atoms with Gasteiger partial charge in [-0.25, -0.2) is 0 Å². The Balaban J connectivity index is 2.32. The fourth-order valence-corrected chi connectivity index (χ4v) is 2.01. The standard InChI is InChI=1S/C13H12IN/c1-15(12-7-3-2-4-8-12)13-9-5-6-11(14)10-13/h2-10H,1H3. The lowest BCUT2D eigenvalue weighted by atomic mass is 10.2. The smallest absolute Gasteiger partial charge is 0.0418 e. The van der Waals surface area contributed by atoms with Crippen molar-refractivity contribution >= 4 is 34.0 Å². The van der Waals surface area contributed by atoms with E-state index in [9.17, 15) is 0 Å². The third kappa shape index (κ3) is 2.50. The lowest BCUT2D eigenvalue weighted by molar-refractivity contribution is 1.21. The molecule has 0 aliphatic carbocycles. The number of hydrogen-bond donors (Lipinski definition) is 0.